The van der Waals surface area contributed by atoms with Gasteiger partial charge in [-0.1, -0.05) is 23.7 Å². The quantitative estimate of drug-likeness (QED) is 0.719. The molecule has 7 heteroatoms. The minimum absolute atomic E-state index is 0.200. The molecule has 23 heavy (non-hydrogen) atoms. The molecule has 0 aliphatic rings. The molecular weight excluding hydrogens is 318 g/mol. The number of halogens is 1. The van der Waals surface area contributed by atoms with Crippen molar-refractivity contribution in [1.29, 1.82) is 0 Å². The Morgan fingerprint density at radius 2 is 2.13 bits per heavy atom. The molecule has 6 nitrogen and oxygen atoms in total. The smallest absolute Gasteiger partial charge is 0.411 e. The largest absolute Gasteiger partial charge is 0.453 e. The van der Waals surface area contributed by atoms with Crippen molar-refractivity contribution < 1.29 is 14.3 Å². The van der Waals surface area contributed by atoms with Crippen LogP contribution in [0.25, 0.3) is 11.0 Å². The first-order chi connectivity index (χ1) is 11.1. The molecular formula is C16H12ClN3O3. The molecule has 0 saturated carbocycles. The molecule has 1 aromatic carbocycles. The number of nitrogens with zero attached hydrogens (tertiary/aromatic N) is 1. The van der Waals surface area contributed by atoms with E-state index in [1.807, 2.05) is 0 Å². The maximum atomic E-state index is 12.7. The Hall–Kier alpha value is -2.86. The summed E-state index contributed by atoms with van der Waals surface area (Å²) in [6, 6.07) is 8.28. The topological polar surface area (TPSA) is 84.1 Å². The Balaban J connectivity index is 1.97. The van der Waals surface area contributed by atoms with E-state index in [2.05, 4.69) is 20.0 Å². The van der Waals surface area contributed by atoms with Crippen molar-refractivity contribution in [3.05, 3.63) is 58.9 Å². The molecule has 3 rings (SSSR count). The number of carbonyl (C=O) groups is 2. The number of H-pyrrole nitrogens is 1. The van der Waals surface area contributed by atoms with Crippen LogP contribution in [0.3, 0.4) is 0 Å². The highest BCUT2D eigenvalue weighted by Crippen LogP contribution is 2.23. The lowest BCUT2D eigenvalue weighted by Gasteiger charge is -2.05. The predicted molar refractivity (Wildman–Crippen MR) is 87.0 cm³/mol. The van der Waals surface area contributed by atoms with E-state index in [-0.39, 0.29) is 5.78 Å². The molecule has 2 heterocycles. The predicted octanol–water partition coefficient (Wildman–Crippen LogP) is 3.63. The number of rotatable bonds is 3. The first-order valence-electron chi connectivity index (χ1n) is 6.71. The number of benzene rings is 1. The second kappa shape index (κ2) is 6.10. The maximum Gasteiger partial charge on any atom is 0.411 e. The lowest BCUT2D eigenvalue weighted by molar-refractivity contribution is 0.104. The van der Waals surface area contributed by atoms with Gasteiger partial charge in [-0.3, -0.25) is 10.1 Å². The number of hydrogen-bond donors (Lipinski definition) is 2. The van der Waals surface area contributed by atoms with Gasteiger partial charge < -0.3 is 9.72 Å². The molecule has 0 aliphatic heterocycles. The fourth-order valence-electron chi connectivity index (χ4n) is 2.23. The molecule has 0 atom stereocenters. The van der Waals surface area contributed by atoms with Gasteiger partial charge in [0.1, 0.15) is 5.65 Å². The van der Waals surface area contributed by atoms with Crippen LogP contribution >= 0.6 is 11.6 Å². The van der Waals surface area contributed by atoms with E-state index in [4.69, 9.17) is 11.6 Å². The number of ketones is 1. The molecule has 0 bridgehead atoms. The first kappa shape index (κ1) is 15.1. The lowest BCUT2D eigenvalue weighted by atomic mass is 10.0. The highest BCUT2D eigenvalue weighted by Gasteiger charge is 2.16. The fraction of sp³-hybridized carbons (Fsp3) is 0.0625. The third kappa shape index (κ3) is 3.02. The van der Waals surface area contributed by atoms with E-state index >= 15 is 0 Å². The Bertz CT molecular complexity index is 904. The minimum atomic E-state index is -0.599. The summed E-state index contributed by atoms with van der Waals surface area (Å²) in [5.41, 5.74) is 1.95. The van der Waals surface area contributed by atoms with Gasteiger partial charge in [0.05, 0.1) is 12.1 Å². The third-order valence-corrected chi connectivity index (χ3v) is 3.51. The molecule has 0 saturated heterocycles. The minimum Gasteiger partial charge on any atom is -0.453 e. The highest BCUT2D eigenvalue weighted by molar-refractivity contribution is 6.31. The van der Waals surface area contributed by atoms with Gasteiger partial charge in [-0.2, -0.15) is 0 Å². The lowest BCUT2D eigenvalue weighted by Crippen LogP contribution is -2.11. The second-order valence-electron chi connectivity index (χ2n) is 4.78. The molecule has 0 unspecified atom stereocenters. The van der Waals surface area contributed by atoms with Crippen LogP contribution in [0.2, 0.25) is 5.02 Å². The Labute approximate surface area is 136 Å². The number of ether oxygens (including phenoxy) is 1. The van der Waals surface area contributed by atoms with Crippen LogP contribution in [0.1, 0.15) is 15.9 Å². The third-order valence-electron chi connectivity index (χ3n) is 3.30. The summed E-state index contributed by atoms with van der Waals surface area (Å²) in [6.07, 6.45) is 2.50. The van der Waals surface area contributed by atoms with Gasteiger partial charge in [0.2, 0.25) is 0 Å². The zero-order valence-electron chi connectivity index (χ0n) is 12.1. The van der Waals surface area contributed by atoms with Crippen LogP contribution in [0.5, 0.6) is 0 Å². The number of fused-ring (bicyclic) bond motifs is 1. The van der Waals surface area contributed by atoms with Crippen molar-refractivity contribution in [3.63, 3.8) is 0 Å². The van der Waals surface area contributed by atoms with Gasteiger partial charge in [-0.15, -0.1) is 0 Å². The summed E-state index contributed by atoms with van der Waals surface area (Å²) in [7, 11) is 1.27. The Morgan fingerprint density at radius 1 is 1.30 bits per heavy atom. The van der Waals surface area contributed by atoms with E-state index in [9.17, 15) is 9.59 Å². The van der Waals surface area contributed by atoms with Gasteiger partial charge >= 0.3 is 6.09 Å². The SMILES string of the molecule is COC(=O)Nc1cccc(C(=O)c2c[nH]c3ncc(Cl)cc23)c1. The molecule has 0 fully saturated rings. The summed E-state index contributed by atoms with van der Waals surface area (Å²) >= 11 is 5.95. The molecule has 3 aromatic rings. The molecule has 2 aromatic heterocycles. The highest BCUT2D eigenvalue weighted by atomic mass is 35.5. The Kier molecular flexibility index (Phi) is 3.99. The van der Waals surface area contributed by atoms with E-state index in [1.165, 1.54) is 13.3 Å². The number of methoxy groups -OCH3 is 1. The number of aromatic amines is 1. The monoisotopic (exact) mass is 329 g/mol. The van der Waals surface area contributed by atoms with Crippen molar-refractivity contribution in [2.75, 3.05) is 12.4 Å². The average molecular weight is 330 g/mol. The van der Waals surface area contributed by atoms with Crippen LogP contribution in [0.15, 0.2) is 42.7 Å². The summed E-state index contributed by atoms with van der Waals surface area (Å²) < 4.78 is 4.53. The standard InChI is InChI=1S/C16H12ClN3O3/c1-23-16(22)20-11-4-2-3-9(5-11)14(21)13-8-19-15-12(13)6-10(17)7-18-15/h2-8H,1H3,(H,18,19)(H,20,22). The van der Waals surface area contributed by atoms with E-state index < -0.39 is 6.09 Å². The molecule has 0 aliphatic carbocycles. The number of carbonyl (C=O) groups excluding carboxylic acids is 2. The van der Waals surface area contributed by atoms with Crippen LogP contribution in [-0.2, 0) is 4.74 Å². The molecule has 1 amide bonds. The van der Waals surface area contributed by atoms with Crippen molar-refractivity contribution in [1.82, 2.24) is 9.97 Å². The van der Waals surface area contributed by atoms with E-state index in [0.29, 0.717) is 32.9 Å². The van der Waals surface area contributed by atoms with Gasteiger partial charge in [-0.25, -0.2) is 9.78 Å². The van der Waals surface area contributed by atoms with Crippen molar-refractivity contribution in [3.8, 4) is 0 Å². The Morgan fingerprint density at radius 3 is 2.91 bits per heavy atom. The van der Waals surface area contributed by atoms with Crippen molar-refractivity contribution in [2.45, 2.75) is 0 Å². The number of nitrogens with one attached hydrogen (secondary N) is 2. The number of amides is 1. The van der Waals surface area contributed by atoms with Crippen LogP contribution in [-0.4, -0.2) is 29.0 Å². The van der Waals surface area contributed by atoms with Crippen LogP contribution < -0.4 is 5.32 Å². The van der Waals surface area contributed by atoms with Crippen molar-refractivity contribution >= 4 is 40.2 Å². The fourth-order valence-corrected chi connectivity index (χ4v) is 2.39. The second-order valence-corrected chi connectivity index (χ2v) is 5.21. The first-order valence-corrected chi connectivity index (χ1v) is 7.08. The zero-order valence-corrected chi connectivity index (χ0v) is 12.8. The number of pyridine rings is 1. The van der Waals surface area contributed by atoms with Gasteiger partial charge in [0, 0.05) is 34.6 Å². The van der Waals surface area contributed by atoms with E-state index in [1.54, 1.807) is 36.5 Å². The van der Waals surface area contributed by atoms with Gasteiger partial charge in [0.25, 0.3) is 0 Å². The van der Waals surface area contributed by atoms with Crippen LogP contribution in [0.4, 0.5) is 10.5 Å². The number of anilines is 1. The molecule has 0 radical (unpaired) electrons. The van der Waals surface area contributed by atoms with Crippen LogP contribution in [0, 0.1) is 0 Å². The summed E-state index contributed by atoms with van der Waals surface area (Å²) in [5.74, 6) is -0.200. The number of aromatic nitrogens is 2. The van der Waals surface area contributed by atoms with Gasteiger partial charge in [0.15, 0.2) is 5.78 Å². The summed E-state index contributed by atoms with van der Waals surface area (Å²) in [5, 5.41) is 3.62. The molecule has 0 spiro atoms. The number of hydrogen-bond acceptors (Lipinski definition) is 4. The normalized spacial score (nSPS) is 10.5. The summed E-state index contributed by atoms with van der Waals surface area (Å²) in [4.78, 5) is 31.0. The molecule has 116 valence electrons. The molecule has 2 N–H and O–H groups in total. The van der Waals surface area contributed by atoms with E-state index in [0.717, 1.165) is 0 Å². The average Bonchev–Trinajstić information content (AvgIpc) is 2.97. The van der Waals surface area contributed by atoms with Gasteiger partial charge in [-0.05, 0) is 18.2 Å². The summed E-state index contributed by atoms with van der Waals surface area (Å²) in [6.45, 7) is 0. The zero-order chi connectivity index (χ0) is 16.4. The maximum absolute atomic E-state index is 12.7. The van der Waals surface area contributed by atoms with Crippen molar-refractivity contribution in [2.24, 2.45) is 0 Å².